The molecule has 0 aromatic heterocycles. The Balaban J connectivity index is 1.63. The van der Waals surface area contributed by atoms with Gasteiger partial charge in [0.05, 0.1) is 18.5 Å². The van der Waals surface area contributed by atoms with Crippen LogP contribution < -0.4 is 14.4 Å². The summed E-state index contributed by atoms with van der Waals surface area (Å²) in [6.07, 6.45) is 1.82. The number of halogens is 1. The lowest BCUT2D eigenvalue weighted by atomic mass is 10.1. The first-order valence-electron chi connectivity index (χ1n) is 8.60. The van der Waals surface area contributed by atoms with Crippen LogP contribution in [0, 0.1) is 0 Å². The molecule has 144 valence electrons. The number of amides is 1. The fraction of sp³-hybridized carbons (Fsp3) is 0.316. The van der Waals surface area contributed by atoms with Gasteiger partial charge in [-0.05, 0) is 36.6 Å². The molecule has 1 N–H and O–H groups in total. The van der Waals surface area contributed by atoms with Crippen LogP contribution in [-0.4, -0.2) is 39.8 Å². The summed E-state index contributed by atoms with van der Waals surface area (Å²) in [6.45, 7) is 0.399. The van der Waals surface area contributed by atoms with Gasteiger partial charge in [-0.15, -0.1) is 0 Å². The monoisotopic (exact) mass is 408 g/mol. The van der Waals surface area contributed by atoms with Crippen molar-refractivity contribution < 1.29 is 17.9 Å². The second-order valence-corrected chi connectivity index (χ2v) is 8.74. The Morgan fingerprint density at radius 1 is 1.26 bits per heavy atom. The number of benzene rings is 2. The summed E-state index contributed by atoms with van der Waals surface area (Å²) in [4.78, 5) is 12.5. The van der Waals surface area contributed by atoms with Crippen LogP contribution in [0.1, 0.15) is 12.0 Å². The van der Waals surface area contributed by atoms with E-state index in [0.717, 1.165) is 23.4 Å². The minimum Gasteiger partial charge on any atom is -0.476 e. The summed E-state index contributed by atoms with van der Waals surface area (Å²) >= 11 is 5.97. The molecule has 0 fully saturated rings. The largest absolute Gasteiger partial charge is 0.476 e. The third kappa shape index (κ3) is 4.93. The fourth-order valence-electron chi connectivity index (χ4n) is 2.94. The Bertz CT molecular complexity index is 919. The molecule has 27 heavy (non-hydrogen) atoms. The second kappa shape index (κ2) is 8.19. The van der Waals surface area contributed by atoms with E-state index in [-0.39, 0.29) is 12.5 Å². The lowest BCUT2D eigenvalue weighted by Gasteiger charge is -2.34. The number of carbonyl (C=O) groups excluding carboxylic acids is 1. The Labute approximate surface area is 164 Å². The minimum absolute atomic E-state index is 0.0866. The molecule has 1 atom stereocenters. The van der Waals surface area contributed by atoms with Crippen molar-refractivity contribution in [3.8, 4) is 5.75 Å². The van der Waals surface area contributed by atoms with Crippen LogP contribution in [0.4, 0.5) is 5.69 Å². The number of anilines is 1. The molecular weight excluding hydrogens is 388 g/mol. The number of sulfonamides is 1. The number of ether oxygens (including phenoxy) is 1. The van der Waals surface area contributed by atoms with Crippen molar-refractivity contribution in [2.75, 3.05) is 23.7 Å². The molecular formula is C19H21ClN2O4S. The highest BCUT2D eigenvalue weighted by atomic mass is 35.5. The van der Waals surface area contributed by atoms with Gasteiger partial charge in [-0.25, -0.2) is 8.42 Å². The zero-order valence-corrected chi connectivity index (χ0v) is 16.5. The van der Waals surface area contributed by atoms with Crippen LogP contribution in [0.15, 0.2) is 48.5 Å². The van der Waals surface area contributed by atoms with Crippen molar-refractivity contribution in [2.24, 2.45) is 0 Å². The quantitative estimate of drug-likeness (QED) is 0.745. The standard InChI is InChI=1S/C19H21ClN2O4S/c1-27(24,25)22-13-18(26-17-10-9-15(20)12-16(17)22)19(23)21-11-5-8-14-6-3-2-4-7-14/h2-4,6-7,9-10,12,18H,5,8,11,13H2,1H3,(H,21,23). The molecule has 0 saturated carbocycles. The molecule has 1 heterocycles. The predicted octanol–water partition coefficient (Wildman–Crippen LogP) is 2.62. The fourth-order valence-corrected chi connectivity index (χ4v) is 4.01. The van der Waals surface area contributed by atoms with E-state index in [0.29, 0.717) is 23.0 Å². The number of nitrogens with zero attached hydrogens (tertiary/aromatic N) is 1. The van der Waals surface area contributed by atoms with Gasteiger partial charge in [-0.3, -0.25) is 9.10 Å². The molecule has 0 saturated heterocycles. The van der Waals surface area contributed by atoms with Gasteiger partial charge in [0.25, 0.3) is 5.91 Å². The van der Waals surface area contributed by atoms with Gasteiger partial charge in [0.1, 0.15) is 5.75 Å². The predicted molar refractivity (Wildman–Crippen MR) is 106 cm³/mol. The number of aryl methyl sites for hydroxylation is 1. The first-order valence-corrected chi connectivity index (χ1v) is 10.8. The van der Waals surface area contributed by atoms with Crippen molar-refractivity contribution in [3.05, 3.63) is 59.1 Å². The summed E-state index contributed by atoms with van der Waals surface area (Å²) in [6, 6.07) is 14.7. The molecule has 2 aromatic rings. The number of rotatable bonds is 6. The van der Waals surface area contributed by atoms with E-state index < -0.39 is 16.1 Å². The average Bonchev–Trinajstić information content (AvgIpc) is 2.64. The molecule has 0 spiro atoms. The lowest BCUT2D eigenvalue weighted by Crippen LogP contribution is -2.50. The number of nitrogens with one attached hydrogen (secondary N) is 1. The van der Waals surface area contributed by atoms with Gasteiger partial charge in [0.2, 0.25) is 10.0 Å². The highest BCUT2D eigenvalue weighted by Gasteiger charge is 2.35. The zero-order chi connectivity index (χ0) is 19.4. The van der Waals surface area contributed by atoms with Crippen LogP contribution >= 0.6 is 11.6 Å². The maximum absolute atomic E-state index is 12.5. The smallest absolute Gasteiger partial charge is 0.263 e. The Morgan fingerprint density at radius 3 is 2.70 bits per heavy atom. The van der Waals surface area contributed by atoms with Crippen molar-refractivity contribution in [1.82, 2.24) is 5.32 Å². The molecule has 1 unspecified atom stereocenters. The van der Waals surface area contributed by atoms with Gasteiger partial charge in [-0.2, -0.15) is 0 Å². The first kappa shape index (κ1) is 19.5. The first-order chi connectivity index (χ1) is 12.8. The normalized spacial score (nSPS) is 16.4. The summed E-state index contributed by atoms with van der Waals surface area (Å²) in [5.74, 6) is -0.0159. The molecule has 0 radical (unpaired) electrons. The average molecular weight is 409 g/mol. The van der Waals surface area contributed by atoms with Crippen molar-refractivity contribution >= 4 is 33.2 Å². The van der Waals surface area contributed by atoms with Gasteiger partial charge >= 0.3 is 0 Å². The maximum Gasteiger partial charge on any atom is 0.263 e. The number of fused-ring (bicyclic) bond motifs is 1. The molecule has 0 bridgehead atoms. The van der Waals surface area contributed by atoms with Gasteiger partial charge in [0, 0.05) is 11.6 Å². The number of hydrogen-bond acceptors (Lipinski definition) is 4. The SMILES string of the molecule is CS(=O)(=O)N1CC(C(=O)NCCCc2ccccc2)Oc2ccc(Cl)cc21. The van der Waals surface area contributed by atoms with E-state index in [9.17, 15) is 13.2 Å². The Hall–Kier alpha value is -2.25. The van der Waals surface area contributed by atoms with Crippen LogP contribution in [0.3, 0.4) is 0 Å². The van der Waals surface area contributed by atoms with E-state index in [2.05, 4.69) is 5.32 Å². The van der Waals surface area contributed by atoms with E-state index in [4.69, 9.17) is 16.3 Å². The second-order valence-electron chi connectivity index (χ2n) is 6.39. The molecule has 0 aliphatic carbocycles. The molecule has 3 rings (SSSR count). The van der Waals surface area contributed by atoms with E-state index in [1.165, 1.54) is 11.6 Å². The van der Waals surface area contributed by atoms with Crippen LogP contribution in [0.25, 0.3) is 0 Å². The topological polar surface area (TPSA) is 75.7 Å². The zero-order valence-electron chi connectivity index (χ0n) is 14.9. The summed E-state index contributed by atoms with van der Waals surface area (Å²) in [5, 5.41) is 3.22. The molecule has 8 heteroatoms. The third-order valence-electron chi connectivity index (χ3n) is 4.27. The number of carbonyl (C=O) groups is 1. The van der Waals surface area contributed by atoms with Gasteiger partial charge in [-0.1, -0.05) is 41.9 Å². The molecule has 2 aromatic carbocycles. The number of hydrogen-bond donors (Lipinski definition) is 1. The maximum atomic E-state index is 12.5. The lowest BCUT2D eigenvalue weighted by molar-refractivity contribution is -0.127. The molecule has 1 amide bonds. The summed E-state index contributed by atoms with van der Waals surface area (Å²) < 4.78 is 31.2. The van der Waals surface area contributed by atoms with Crippen LogP contribution in [0.5, 0.6) is 5.75 Å². The van der Waals surface area contributed by atoms with Crippen molar-refractivity contribution in [1.29, 1.82) is 0 Å². The highest BCUT2D eigenvalue weighted by Crippen LogP contribution is 2.37. The van der Waals surface area contributed by atoms with E-state index in [1.807, 2.05) is 30.3 Å². The van der Waals surface area contributed by atoms with Gasteiger partial charge in [0.15, 0.2) is 6.10 Å². The highest BCUT2D eigenvalue weighted by molar-refractivity contribution is 7.92. The van der Waals surface area contributed by atoms with E-state index >= 15 is 0 Å². The van der Waals surface area contributed by atoms with E-state index in [1.54, 1.807) is 12.1 Å². The Kier molecular flexibility index (Phi) is 5.92. The van der Waals surface area contributed by atoms with Crippen molar-refractivity contribution in [2.45, 2.75) is 18.9 Å². The van der Waals surface area contributed by atoms with Crippen molar-refractivity contribution in [3.63, 3.8) is 0 Å². The molecule has 1 aliphatic heterocycles. The molecule has 1 aliphatic rings. The Morgan fingerprint density at radius 2 is 2.00 bits per heavy atom. The minimum atomic E-state index is -3.57. The molecule has 6 nitrogen and oxygen atoms in total. The van der Waals surface area contributed by atoms with Gasteiger partial charge < -0.3 is 10.1 Å². The van der Waals surface area contributed by atoms with Crippen LogP contribution in [0.2, 0.25) is 5.02 Å². The summed E-state index contributed by atoms with van der Waals surface area (Å²) in [5.41, 5.74) is 1.55. The third-order valence-corrected chi connectivity index (χ3v) is 5.65. The van der Waals surface area contributed by atoms with Crippen LogP contribution in [-0.2, 0) is 21.2 Å². The summed E-state index contributed by atoms with van der Waals surface area (Å²) in [7, 11) is -3.57.